The Kier molecular flexibility index (Phi) is 5.40. The van der Waals surface area contributed by atoms with Gasteiger partial charge in [0, 0.05) is 31.7 Å². The molecule has 0 unspecified atom stereocenters. The summed E-state index contributed by atoms with van der Waals surface area (Å²) in [6, 6.07) is 6.64. The average molecular weight is 349 g/mol. The summed E-state index contributed by atoms with van der Waals surface area (Å²) in [5.41, 5.74) is -0.967. The molecule has 0 bridgehead atoms. The standard InChI is InChI=1S/C19H28FN3O2/c1-18(2,3)21-16(24)19(4,5)17(25)23-12-10-22(11-13-23)15-9-7-6-8-14(15)20/h6-9H,10-13H2,1-5H3,(H,21,24). The van der Waals surface area contributed by atoms with Gasteiger partial charge < -0.3 is 15.1 Å². The van der Waals surface area contributed by atoms with Gasteiger partial charge in [0.15, 0.2) is 0 Å². The van der Waals surface area contributed by atoms with E-state index in [-0.39, 0.29) is 17.6 Å². The fraction of sp³-hybridized carbons (Fsp3) is 0.579. The Morgan fingerprint density at radius 2 is 1.56 bits per heavy atom. The number of nitrogens with one attached hydrogen (secondary N) is 1. The Morgan fingerprint density at radius 1 is 1.00 bits per heavy atom. The molecule has 2 rings (SSSR count). The quantitative estimate of drug-likeness (QED) is 0.853. The van der Waals surface area contributed by atoms with E-state index >= 15 is 0 Å². The number of para-hydroxylation sites is 1. The Balaban J connectivity index is 2.01. The normalized spacial score (nSPS) is 15.9. The molecule has 1 aromatic carbocycles. The third kappa shape index (κ3) is 4.50. The summed E-state index contributed by atoms with van der Waals surface area (Å²) < 4.78 is 13.9. The van der Waals surface area contributed by atoms with Crippen LogP contribution in [0.25, 0.3) is 0 Å². The minimum atomic E-state index is -1.13. The van der Waals surface area contributed by atoms with Gasteiger partial charge in [-0.15, -0.1) is 0 Å². The van der Waals surface area contributed by atoms with Crippen LogP contribution in [0, 0.1) is 11.2 Å². The van der Waals surface area contributed by atoms with Crippen molar-refractivity contribution in [2.45, 2.75) is 40.2 Å². The summed E-state index contributed by atoms with van der Waals surface area (Å²) in [6.07, 6.45) is 0. The minimum absolute atomic E-state index is 0.192. The summed E-state index contributed by atoms with van der Waals surface area (Å²) in [6.45, 7) is 11.0. The van der Waals surface area contributed by atoms with Crippen LogP contribution in [-0.2, 0) is 9.59 Å². The molecule has 0 aromatic heterocycles. The molecule has 1 aliphatic rings. The summed E-state index contributed by atoms with van der Waals surface area (Å²) in [4.78, 5) is 28.9. The first kappa shape index (κ1) is 19.2. The van der Waals surface area contributed by atoms with Gasteiger partial charge in [-0.25, -0.2) is 4.39 Å². The molecule has 0 spiro atoms. The van der Waals surface area contributed by atoms with Crippen molar-refractivity contribution >= 4 is 17.5 Å². The molecule has 1 heterocycles. The van der Waals surface area contributed by atoms with Crippen molar-refractivity contribution in [1.29, 1.82) is 0 Å². The van der Waals surface area contributed by atoms with E-state index in [0.717, 1.165) is 0 Å². The zero-order valence-electron chi connectivity index (χ0n) is 15.7. The van der Waals surface area contributed by atoms with Gasteiger partial charge in [-0.2, -0.15) is 0 Å². The molecule has 1 aliphatic heterocycles. The van der Waals surface area contributed by atoms with Crippen molar-refractivity contribution < 1.29 is 14.0 Å². The van der Waals surface area contributed by atoms with Crippen molar-refractivity contribution in [3.63, 3.8) is 0 Å². The van der Waals surface area contributed by atoms with E-state index in [1.165, 1.54) is 6.07 Å². The number of amides is 2. The lowest BCUT2D eigenvalue weighted by Gasteiger charge is -2.39. The van der Waals surface area contributed by atoms with Gasteiger partial charge in [0.05, 0.1) is 5.69 Å². The second kappa shape index (κ2) is 7.02. The molecule has 1 fully saturated rings. The van der Waals surface area contributed by atoms with E-state index < -0.39 is 11.0 Å². The zero-order valence-corrected chi connectivity index (χ0v) is 15.7. The Morgan fingerprint density at radius 3 is 2.08 bits per heavy atom. The lowest BCUT2D eigenvalue weighted by atomic mass is 9.88. The number of carbonyl (C=O) groups is 2. The maximum atomic E-state index is 13.9. The lowest BCUT2D eigenvalue weighted by molar-refractivity contribution is -0.149. The summed E-state index contributed by atoms with van der Waals surface area (Å²) in [7, 11) is 0. The monoisotopic (exact) mass is 349 g/mol. The van der Waals surface area contributed by atoms with Crippen molar-refractivity contribution in [1.82, 2.24) is 10.2 Å². The lowest BCUT2D eigenvalue weighted by Crippen LogP contribution is -2.57. The van der Waals surface area contributed by atoms with Gasteiger partial charge in [-0.1, -0.05) is 12.1 Å². The van der Waals surface area contributed by atoms with Crippen LogP contribution in [0.3, 0.4) is 0 Å². The molecule has 1 aromatic rings. The summed E-state index contributed by atoms with van der Waals surface area (Å²) in [5, 5.41) is 2.88. The van der Waals surface area contributed by atoms with Crippen molar-refractivity contribution in [2.24, 2.45) is 5.41 Å². The minimum Gasteiger partial charge on any atom is -0.366 e. The Hall–Kier alpha value is -2.11. The number of halogens is 1. The van der Waals surface area contributed by atoms with Gasteiger partial charge in [0.2, 0.25) is 11.8 Å². The van der Waals surface area contributed by atoms with Crippen molar-refractivity contribution in [3.05, 3.63) is 30.1 Å². The van der Waals surface area contributed by atoms with Gasteiger partial charge in [0.25, 0.3) is 0 Å². The molecule has 5 nitrogen and oxygen atoms in total. The number of carbonyl (C=O) groups excluding carboxylic acids is 2. The Bertz CT molecular complexity index is 644. The number of anilines is 1. The van der Waals surface area contributed by atoms with Gasteiger partial charge >= 0.3 is 0 Å². The predicted molar refractivity (Wildman–Crippen MR) is 96.9 cm³/mol. The van der Waals surface area contributed by atoms with Gasteiger partial charge in [0.1, 0.15) is 11.2 Å². The van der Waals surface area contributed by atoms with Crippen LogP contribution in [0.1, 0.15) is 34.6 Å². The van der Waals surface area contributed by atoms with Crippen LogP contribution < -0.4 is 10.2 Å². The maximum Gasteiger partial charge on any atom is 0.237 e. The fourth-order valence-electron chi connectivity index (χ4n) is 2.85. The topological polar surface area (TPSA) is 52.7 Å². The molecular weight excluding hydrogens is 321 g/mol. The summed E-state index contributed by atoms with van der Waals surface area (Å²) in [5.74, 6) is -0.726. The highest BCUT2D eigenvalue weighted by atomic mass is 19.1. The SMILES string of the molecule is CC(C)(C)NC(=O)C(C)(C)C(=O)N1CCN(c2ccccc2F)CC1. The van der Waals surface area contributed by atoms with Crippen LogP contribution in [0.5, 0.6) is 0 Å². The molecule has 1 saturated heterocycles. The molecule has 1 N–H and O–H groups in total. The van der Waals surface area contributed by atoms with Crippen LogP contribution in [0.15, 0.2) is 24.3 Å². The molecule has 0 atom stereocenters. The van der Waals surface area contributed by atoms with E-state index in [4.69, 9.17) is 0 Å². The second-order valence-electron chi connectivity index (χ2n) is 8.06. The van der Waals surface area contributed by atoms with Gasteiger partial charge in [-0.3, -0.25) is 9.59 Å². The highest BCUT2D eigenvalue weighted by molar-refractivity contribution is 6.04. The molecule has 6 heteroatoms. The first-order chi connectivity index (χ1) is 11.5. The first-order valence-electron chi connectivity index (χ1n) is 8.64. The van der Waals surface area contributed by atoms with Crippen molar-refractivity contribution in [3.8, 4) is 0 Å². The predicted octanol–water partition coefficient (Wildman–Crippen LogP) is 2.42. The number of piperazine rings is 1. The van der Waals surface area contributed by atoms with Gasteiger partial charge in [-0.05, 0) is 46.8 Å². The number of nitrogens with zero attached hydrogens (tertiary/aromatic N) is 2. The van der Waals surface area contributed by atoms with E-state index in [1.807, 2.05) is 25.7 Å². The average Bonchev–Trinajstić information content (AvgIpc) is 2.53. The fourth-order valence-corrected chi connectivity index (χ4v) is 2.85. The molecule has 138 valence electrons. The molecule has 0 aliphatic carbocycles. The number of benzene rings is 1. The Labute approximate surface area is 149 Å². The highest BCUT2D eigenvalue weighted by Crippen LogP contribution is 2.24. The molecule has 2 amide bonds. The second-order valence-corrected chi connectivity index (χ2v) is 8.06. The number of hydrogen-bond donors (Lipinski definition) is 1. The third-order valence-electron chi connectivity index (χ3n) is 4.35. The van der Waals surface area contributed by atoms with Crippen molar-refractivity contribution in [2.75, 3.05) is 31.1 Å². The zero-order chi connectivity index (χ0) is 18.8. The van der Waals surface area contributed by atoms with Crippen LogP contribution in [-0.4, -0.2) is 48.4 Å². The molecule has 0 saturated carbocycles. The molecule has 25 heavy (non-hydrogen) atoms. The number of rotatable bonds is 3. The largest absolute Gasteiger partial charge is 0.366 e. The van der Waals surface area contributed by atoms with E-state index in [0.29, 0.717) is 31.9 Å². The smallest absolute Gasteiger partial charge is 0.237 e. The van der Waals surface area contributed by atoms with E-state index in [9.17, 15) is 14.0 Å². The van der Waals surface area contributed by atoms with E-state index in [1.54, 1.807) is 36.9 Å². The number of hydrogen-bond acceptors (Lipinski definition) is 3. The molecule has 0 radical (unpaired) electrons. The first-order valence-corrected chi connectivity index (χ1v) is 8.64. The molecular formula is C19H28FN3O2. The van der Waals surface area contributed by atoms with Crippen LogP contribution >= 0.6 is 0 Å². The summed E-state index contributed by atoms with van der Waals surface area (Å²) >= 11 is 0. The maximum absolute atomic E-state index is 13.9. The van der Waals surface area contributed by atoms with Crippen LogP contribution in [0.4, 0.5) is 10.1 Å². The van der Waals surface area contributed by atoms with Crippen LogP contribution in [0.2, 0.25) is 0 Å². The highest BCUT2D eigenvalue weighted by Gasteiger charge is 2.41. The third-order valence-corrected chi connectivity index (χ3v) is 4.35. The van der Waals surface area contributed by atoms with E-state index in [2.05, 4.69) is 5.32 Å².